The molecule has 1 aromatic rings. The Balaban J connectivity index is 1.57. The van der Waals surface area contributed by atoms with Crippen molar-refractivity contribution in [2.45, 2.75) is 6.92 Å². The predicted octanol–water partition coefficient (Wildman–Crippen LogP) is 0.589. The topological polar surface area (TPSA) is 73.9 Å². The van der Waals surface area contributed by atoms with Gasteiger partial charge in [-0.25, -0.2) is 0 Å². The van der Waals surface area contributed by atoms with Crippen LogP contribution in [0.1, 0.15) is 6.92 Å². The quantitative estimate of drug-likeness (QED) is 0.611. The van der Waals surface area contributed by atoms with Crippen LogP contribution in [0.2, 0.25) is 5.02 Å². The van der Waals surface area contributed by atoms with Crippen LogP contribution in [0.4, 0.5) is 0 Å². The van der Waals surface area contributed by atoms with Gasteiger partial charge in [0.15, 0.2) is 0 Å². The monoisotopic (exact) mass is 382 g/mol. The molecular weight excluding hydrogens is 356 g/mol. The number of rotatable bonds is 9. The molecule has 1 fully saturated rings. The van der Waals surface area contributed by atoms with Gasteiger partial charge in [0.25, 0.3) is 0 Å². The Morgan fingerprint density at radius 2 is 1.69 bits per heavy atom. The molecule has 0 radical (unpaired) electrons. The molecule has 144 valence electrons. The first-order valence-electron chi connectivity index (χ1n) is 8.93. The van der Waals surface area contributed by atoms with E-state index in [9.17, 15) is 9.59 Å². The molecule has 0 saturated carbocycles. The van der Waals surface area contributed by atoms with Gasteiger partial charge in [0.2, 0.25) is 11.8 Å². The zero-order valence-electron chi connectivity index (χ0n) is 15.2. The van der Waals surface area contributed by atoms with Crippen LogP contribution in [0.3, 0.4) is 0 Å². The molecule has 2 amide bonds. The van der Waals surface area contributed by atoms with E-state index in [-0.39, 0.29) is 11.8 Å². The molecule has 26 heavy (non-hydrogen) atoms. The molecule has 1 saturated heterocycles. The van der Waals surface area contributed by atoms with Crippen molar-refractivity contribution in [1.82, 2.24) is 20.4 Å². The lowest BCUT2D eigenvalue weighted by atomic mass is 10.3. The van der Waals surface area contributed by atoms with E-state index in [4.69, 9.17) is 16.3 Å². The first kappa shape index (κ1) is 20.5. The smallest absolute Gasteiger partial charge is 0.234 e. The Hall–Kier alpha value is -1.83. The third-order valence-corrected chi connectivity index (χ3v) is 4.30. The summed E-state index contributed by atoms with van der Waals surface area (Å²) in [6, 6.07) is 7.17. The summed E-state index contributed by atoms with van der Waals surface area (Å²) in [5.74, 6) is 0.727. The summed E-state index contributed by atoms with van der Waals surface area (Å²) < 4.78 is 5.54. The molecule has 1 aromatic carbocycles. The molecule has 2 N–H and O–H groups in total. The summed E-state index contributed by atoms with van der Waals surface area (Å²) in [5.41, 5.74) is 0. The van der Waals surface area contributed by atoms with Crippen LogP contribution in [0.25, 0.3) is 0 Å². The predicted molar refractivity (Wildman–Crippen MR) is 102 cm³/mol. The van der Waals surface area contributed by atoms with Crippen molar-refractivity contribution < 1.29 is 14.3 Å². The van der Waals surface area contributed by atoms with Crippen molar-refractivity contribution in [3.63, 3.8) is 0 Å². The van der Waals surface area contributed by atoms with Crippen LogP contribution in [-0.4, -0.2) is 80.6 Å². The average Bonchev–Trinajstić information content (AvgIpc) is 2.61. The standard InChI is InChI=1S/C18H27ClN4O3/c1-2-20-17(24)13-22-7-9-23(10-8-22)14-18(25)21-6-11-26-16-5-3-4-15(19)12-16/h3-5,12H,2,6-11,13-14H2,1H3,(H,20,24)(H,21,25). The zero-order valence-corrected chi connectivity index (χ0v) is 15.9. The number of amides is 2. The fraction of sp³-hybridized carbons (Fsp3) is 0.556. The fourth-order valence-electron chi connectivity index (χ4n) is 2.74. The highest BCUT2D eigenvalue weighted by Gasteiger charge is 2.20. The first-order valence-corrected chi connectivity index (χ1v) is 9.31. The normalized spacial score (nSPS) is 15.5. The molecule has 1 aliphatic heterocycles. The number of carbonyl (C=O) groups is 2. The minimum absolute atomic E-state index is 0.0168. The van der Waals surface area contributed by atoms with Crippen LogP contribution < -0.4 is 15.4 Å². The van der Waals surface area contributed by atoms with Crippen molar-refractivity contribution in [2.75, 3.05) is 59.0 Å². The van der Waals surface area contributed by atoms with E-state index in [0.717, 1.165) is 26.2 Å². The maximum Gasteiger partial charge on any atom is 0.234 e. The maximum atomic E-state index is 12.0. The fourth-order valence-corrected chi connectivity index (χ4v) is 2.92. The SMILES string of the molecule is CCNC(=O)CN1CCN(CC(=O)NCCOc2cccc(Cl)c2)CC1. The lowest BCUT2D eigenvalue weighted by Gasteiger charge is -2.33. The Bertz CT molecular complexity index is 592. The minimum atomic E-state index is -0.0168. The summed E-state index contributed by atoms with van der Waals surface area (Å²) >= 11 is 5.89. The molecule has 0 spiro atoms. The molecule has 0 aliphatic carbocycles. The zero-order chi connectivity index (χ0) is 18.8. The second kappa shape index (κ2) is 11.0. The number of nitrogens with zero attached hydrogens (tertiary/aromatic N) is 2. The number of nitrogens with one attached hydrogen (secondary N) is 2. The van der Waals surface area contributed by atoms with Crippen LogP contribution in [0, 0.1) is 0 Å². The van der Waals surface area contributed by atoms with E-state index in [2.05, 4.69) is 20.4 Å². The van der Waals surface area contributed by atoms with E-state index in [1.165, 1.54) is 0 Å². The number of carbonyl (C=O) groups excluding carboxylic acids is 2. The molecule has 2 rings (SSSR count). The Labute approximate surface area is 159 Å². The van der Waals surface area contributed by atoms with Crippen LogP contribution in [-0.2, 0) is 9.59 Å². The van der Waals surface area contributed by atoms with Crippen molar-refractivity contribution in [3.8, 4) is 5.75 Å². The van der Waals surface area contributed by atoms with Gasteiger partial charge >= 0.3 is 0 Å². The summed E-state index contributed by atoms with van der Waals surface area (Å²) in [6.45, 7) is 7.35. The van der Waals surface area contributed by atoms with Crippen LogP contribution >= 0.6 is 11.6 Å². The lowest BCUT2D eigenvalue weighted by Crippen LogP contribution is -2.51. The Morgan fingerprint density at radius 3 is 2.27 bits per heavy atom. The van der Waals surface area contributed by atoms with Gasteiger partial charge in [-0.3, -0.25) is 19.4 Å². The van der Waals surface area contributed by atoms with E-state index >= 15 is 0 Å². The second-order valence-electron chi connectivity index (χ2n) is 6.16. The van der Waals surface area contributed by atoms with Crippen molar-refractivity contribution in [1.29, 1.82) is 0 Å². The van der Waals surface area contributed by atoms with Crippen LogP contribution in [0.5, 0.6) is 5.75 Å². The van der Waals surface area contributed by atoms with Gasteiger partial charge in [-0.1, -0.05) is 17.7 Å². The molecule has 0 bridgehead atoms. The minimum Gasteiger partial charge on any atom is -0.492 e. The number of ether oxygens (including phenoxy) is 1. The highest BCUT2D eigenvalue weighted by molar-refractivity contribution is 6.30. The summed E-state index contributed by atoms with van der Waals surface area (Å²) in [6.07, 6.45) is 0. The van der Waals surface area contributed by atoms with Gasteiger partial charge in [-0.2, -0.15) is 0 Å². The Morgan fingerprint density at radius 1 is 1.08 bits per heavy atom. The highest BCUT2D eigenvalue weighted by Crippen LogP contribution is 2.16. The van der Waals surface area contributed by atoms with Gasteiger partial charge < -0.3 is 15.4 Å². The molecule has 1 heterocycles. The number of hydrogen-bond acceptors (Lipinski definition) is 5. The maximum absolute atomic E-state index is 12.0. The molecule has 1 aliphatic rings. The first-order chi connectivity index (χ1) is 12.6. The van der Waals surface area contributed by atoms with Crippen molar-refractivity contribution in [2.24, 2.45) is 0 Å². The lowest BCUT2D eigenvalue weighted by molar-refractivity contribution is -0.125. The molecule has 7 nitrogen and oxygen atoms in total. The largest absolute Gasteiger partial charge is 0.492 e. The highest BCUT2D eigenvalue weighted by atomic mass is 35.5. The summed E-state index contributed by atoms with van der Waals surface area (Å²) in [4.78, 5) is 27.8. The third-order valence-electron chi connectivity index (χ3n) is 4.06. The van der Waals surface area contributed by atoms with E-state index in [0.29, 0.717) is 43.6 Å². The van der Waals surface area contributed by atoms with Gasteiger partial charge in [0, 0.05) is 37.7 Å². The number of likely N-dealkylation sites (N-methyl/N-ethyl adjacent to an activating group) is 1. The molecule has 0 aromatic heterocycles. The Kier molecular flexibility index (Phi) is 8.67. The summed E-state index contributed by atoms with van der Waals surface area (Å²) in [7, 11) is 0. The number of piperazine rings is 1. The molecule has 0 unspecified atom stereocenters. The number of halogens is 1. The second-order valence-corrected chi connectivity index (χ2v) is 6.60. The molecule has 0 atom stereocenters. The van der Waals surface area contributed by atoms with Gasteiger partial charge in [-0.05, 0) is 25.1 Å². The van der Waals surface area contributed by atoms with E-state index in [1.54, 1.807) is 12.1 Å². The number of hydrogen-bond donors (Lipinski definition) is 2. The van der Waals surface area contributed by atoms with Crippen molar-refractivity contribution >= 4 is 23.4 Å². The van der Waals surface area contributed by atoms with Crippen LogP contribution in [0.15, 0.2) is 24.3 Å². The van der Waals surface area contributed by atoms with E-state index < -0.39 is 0 Å². The molecule has 8 heteroatoms. The van der Waals surface area contributed by atoms with E-state index in [1.807, 2.05) is 19.1 Å². The van der Waals surface area contributed by atoms with Crippen molar-refractivity contribution in [3.05, 3.63) is 29.3 Å². The number of benzene rings is 1. The molecular formula is C18H27ClN4O3. The van der Waals surface area contributed by atoms with Gasteiger partial charge in [0.05, 0.1) is 19.6 Å². The summed E-state index contributed by atoms with van der Waals surface area (Å²) in [5, 5.41) is 6.28. The third kappa shape index (κ3) is 7.59. The van der Waals surface area contributed by atoms with Gasteiger partial charge in [0.1, 0.15) is 12.4 Å². The van der Waals surface area contributed by atoms with Gasteiger partial charge in [-0.15, -0.1) is 0 Å². The average molecular weight is 383 g/mol.